The number of halogens is 1. The molecular weight excluding hydrogens is 358 g/mol. The number of rotatable bonds is 5. The summed E-state index contributed by atoms with van der Waals surface area (Å²) in [5.41, 5.74) is 5.45. The normalized spacial score (nSPS) is 16.0. The predicted octanol–water partition coefficient (Wildman–Crippen LogP) is 5.38. The zero-order valence-electron chi connectivity index (χ0n) is 15.5. The Morgan fingerprint density at radius 2 is 1.89 bits per heavy atom. The standard InChI is InChI=1S/C22H22ClN3O/c1-3-4-13-26-21(16-7-5-6-8-17(16)23)18-19(24-25-20(18)22(26)27)15-11-9-14(2)10-12-15/h5-12,21H,3-4,13H2,1-2H3,(H,24,25). The van der Waals surface area contributed by atoms with Gasteiger partial charge in [0.15, 0.2) is 0 Å². The lowest BCUT2D eigenvalue weighted by Crippen LogP contribution is -2.30. The molecule has 1 N–H and O–H groups in total. The lowest BCUT2D eigenvalue weighted by atomic mass is 9.95. The van der Waals surface area contributed by atoms with Crippen molar-refractivity contribution in [1.82, 2.24) is 15.1 Å². The number of hydrogen-bond acceptors (Lipinski definition) is 2. The summed E-state index contributed by atoms with van der Waals surface area (Å²) in [6.07, 6.45) is 1.97. The number of aromatic nitrogens is 2. The summed E-state index contributed by atoms with van der Waals surface area (Å²) in [6, 6.07) is 15.8. The van der Waals surface area contributed by atoms with Gasteiger partial charge in [-0.1, -0.05) is 73.0 Å². The first-order valence-corrected chi connectivity index (χ1v) is 9.70. The van der Waals surface area contributed by atoms with Crippen molar-refractivity contribution >= 4 is 17.5 Å². The van der Waals surface area contributed by atoms with Gasteiger partial charge < -0.3 is 4.90 Å². The minimum Gasteiger partial charge on any atom is -0.326 e. The fraction of sp³-hybridized carbons (Fsp3) is 0.273. The number of carbonyl (C=O) groups is 1. The molecule has 5 heteroatoms. The highest BCUT2D eigenvalue weighted by Crippen LogP contribution is 2.44. The van der Waals surface area contributed by atoms with Crippen LogP contribution in [0, 0.1) is 6.92 Å². The molecule has 4 rings (SSSR count). The molecule has 0 aliphatic carbocycles. The van der Waals surface area contributed by atoms with E-state index in [9.17, 15) is 4.79 Å². The quantitative estimate of drug-likeness (QED) is 0.646. The van der Waals surface area contributed by atoms with E-state index in [2.05, 4.69) is 48.3 Å². The second-order valence-electron chi connectivity index (χ2n) is 7.00. The van der Waals surface area contributed by atoms with Crippen LogP contribution in [0.4, 0.5) is 0 Å². The largest absolute Gasteiger partial charge is 0.326 e. The van der Waals surface area contributed by atoms with E-state index in [0.717, 1.165) is 35.2 Å². The van der Waals surface area contributed by atoms with E-state index < -0.39 is 0 Å². The van der Waals surface area contributed by atoms with E-state index in [1.54, 1.807) is 0 Å². The van der Waals surface area contributed by atoms with Gasteiger partial charge in [0.25, 0.3) is 5.91 Å². The van der Waals surface area contributed by atoms with Crippen molar-refractivity contribution in [3.8, 4) is 11.3 Å². The number of H-pyrrole nitrogens is 1. The summed E-state index contributed by atoms with van der Waals surface area (Å²) in [4.78, 5) is 15.0. The summed E-state index contributed by atoms with van der Waals surface area (Å²) < 4.78 is 0. The highest BCUT2D eigenvalue weighted by Gasteiger charge is 2.42. The molecule has 1 unspecified atom stereocenters. The number of fused-ring (bicyclic) bond motifs is 1. The van der Waals surface area contributed by atoms with E-state index >= 15 is 0 Å². The Labute approximate surface area is 164 Å². The predicted molar refractivity (Wildman–Crippen MR) is 108 cm³/mol. The van der Waals surface area contributed by atoms with Crippen LogP contribution in [-0.4, -0.2) is 27.5 Å². The minimum absolute atomic E-state index is 0.00534. The number of unbranched alkanes of at least 4 members (excludes halogenated alkanes) is 1. The number of benzene rings is 2. The summed E-state index contributed by atoms with van der Waals surface area (Å²) in [7, 11) is 0. The molecule has 0 bridgehead atoms. The van der Waals surface area contributed by atoms with Gasteiger partial charge in [-0.15, -0.1) is 0 Å². The third kappa shape index (κ3) is 3.04. The van der Waals surface area contributed by atoms with Crippen LogP contribution in [0.2, 0.25) is 5.02 Å². The number of carbonyl (C=O) groups excluding carboxylic acids is 1. The van der Waals surface area contributed by atoms with Crippen molar-refractivity contribution < 1.29 is 4.79 Å². The van der Waals surface area contributed by atoms with Crippen LogP contribution in [-0.2, 0) is 0 Å². The van der Waals surface area contributed by atoms with E-state index in [0.29, 0.717) is 17.3 Å². The van der Waals surface area contributed by atoms with E-state index in [4.69, 9.17) is 11.6 Å². The molecule has 0 fully saturated rings. The monoisotopic (exact) mass is 379 g/mol. The maximum atomic E-state index is 13.1. The highest BCUT2D eigenvalue weighted by atomic mass is 35.5. The molecule has 2 heterocycles. The van der Waals surface area contributed by atoms with E-state index in [1.165, 1.54) is 5.56 Å². The Morgan fingerprint density at radius 3 is 2.59 bits per heavy atom. The highest BCUT2D eigenvalue weighted by molar-refractivity contribution is 6.31. The number of nitrogens with zero attached hydrogens (tertiary/aromatic N) is 2. The Kier molecular flexibility index (Phi) is 4.75. The summed E-state index contributed by atoms with van der Waals surface area (Å²) in [5.74, 6) is -0.00534. The van der Waals surface area contributed by atoms with Crippen LogP contribution in [0.3, 0.4) is 0 Å². The average molecular weight is 380 g/mol. The SMILES string of the molecule is CCCCN1C(=O)c2[nH]nc(-c3ccc(C)cc3)c2C1c1ccccc1Cl. The van der Waals surface area contributed by atoms with Gasteiger partial charge in [0.05, 0.1) is 11.7 Å². The Bertz CT molecular complexity index is 977. The Balaban J connectivity index is 1.88. The molecule has 0 radical (unpaired) electrons. The van der Waals surface area contributed by atoms with Crippen LogP contribution >= 0.6 is 11.6 Å². The lowest BCUT2D eigenvalue weighted by Gasteiger charge is -2.27. The van der Waals surface area contributed by atoms with Gasteiger partial charge in [-0.05, 0) is 25.0 Å². The second kappa shape index (κ2) is 7.20. The molecule has 0 saturated carbocycles. The van der Waals surface area contributed by atoms with Gasteiger partial charge >= 0.3 is 0 Å². The molecule has 0 saturated heterocycles. The summed E-state index contributed by atoms with van der Waals surface area (Å²) >= 11 is 6.54. The first kappa shape index (κ1) is 17.8. The van der Waals surface area contributed by atoms with Gasteiger partial charge in [-0.3, -0.25) is 9.89 Å². The molecule has 3 aromatic rings. The van der Waals surface area contributed by atoms with Crippen molar-refractivity contribution in [2.45, 2.75) is 32.7 Å². The number of aryl methyl sites for hydroxylation is 1. The van der Waals surface area contributed by atoms with Gasteiger partial charge in [0.1, 0.15) is 5.69 Å². The first-order valence-electron chi connectivity index (χ1n) is 9.32. The molecule has 1 aromatic heterocycles. The van der Waals surface area contributed by atoms with Crippen molar-refractivity contribution in [3.63, 3.8) is 0 Å². The number of amides is 1. The van der Waals surface area contributed by atoms with Crippen LogP contribution in [0.25, 0.3) is 11.3 Å². The first-order chi connectivity index (χ1) is 13.1. The maximum Gasteiger partial charge on any atom is 0.273 e. The molecule has 27 heavy (non-hydrogen) atoms. The second-order valence-corrected chi connectivity index (χ2v) is 7.41. The fourth-order valence-corrected chi connectivity index (χ4v) is 3.95. The average Bonchev–Trinajstić information content (AvgIpc) is 3.21. The third-order valence-electron chi connectivity index (χ3n) is 5.14. The van der Waals surface area contributed by atoms with Crippen LogP contribution < -0.4 is 0 Å². The number of hydrogen-bond donors (Lipinski definition) is 1. The maximum absolute atomic E-state index is 13.1. The number of aromatic amines is 1. The summed E-state index contributed by atoms with van der Waals surface area (Å²) in [5, 5.41) is 8.15. The van der Waals surface area contributed by atoms with Gasteiger partial charge in [-0.25, -0.2) is 0 Å². The molecule has 1 aliphatic rings. The van der Waals surface area contributed by atoms with Gasteiger partial charge in [-0.2, -0.15) is 5.10 Å². The molecule has 0 spiro atoms. The Morgan fingerprint density at radius 1 is 1.15 bits per heavy atom. The molecule has 1 amide bonds. The van der Waals surface area contributed by atoms with Crippen LogP contribution in [0.5, 0.6) is 0 Å². The van der Waals surface area contributed by atoms with Crippen molar-refractivity contribution in [2.24, 2.45) is 0 Å². The van der Waals surface area contributed by atoms with E-state index in [-0.39, 0.29) is 11.9 Å². The van der Waals surface area contributed by atoms with Crippen molar-refractivity contribution in [2.75, 3.05) is 6.54 Å². The fourth-order valence-electron chi connectivity index (χ4n) is 3.71. The molecular formula is C22H22ClN3O. The zero-order valence-corrected chi connectivity index (χ0v) is 16.3. The Hall–Kier alpha value is -2.59. The van der Waals surface area contributed by atoms with Gasteiger partial charge in [0.2, 0.25) is 0 Å². The zero-order chi connectivity index (χ0) is 19.0. The van der Waals surface area contributed by atoms with Crippen LogP contribution in [0.1, 0.15) is 53.0 Å². The summed E-state index contributed by atoms with van der Waals surface area (Å²) in [6.45, 7) is 4.88. The van der Waals surface area contributed by atoms with Crippen molar-refractivity contribution in [1.29, 1.82) is 0 Å². The van der Waals surface area contributed by atoms with Crippen molar-refractivity contribution in [3.05, 3.63) is 75.9 Å². The smallest absolute Gasteiger partial charge is 0.273 e. The number of nitrogens with one attached hydrogen (secondary N) is 1. The van der Waals surface area contributed by atoms with Gasteiger partial charge in [0, 0.05) is 22.7 Å². The third-order valence-corrected chi connectivity index (χ3v) is 5.49. The minimum atomic E-state index is -0.220. The molecule has 1 atom stereocenters. The molecule has 138 valence electrons. The van der Waals surface area contributed by atoms with Crippen LogP contribution in [0.15, 0.2) is 48.5 Å². The van der Waals surface area contributed by atoms with E-state index in [1.807, 2.05) is 29.2 Å². The molecule has 1 aliphatic heterocycles. The lowest BCUT2D eigenvalue weighted by molar-refractivity contribution is 0.0741. The molecule has 4 nitrogen and oxygen atoms in total. The molecule has 2 aromatic carbocycles. The topological polar surface area (TPSA) is 49.0 Å².